The molecule has 3 rings (SSSR count). The van der Waals surface area contributed by atoms with E-state index in [1.807, 2.05) is 0 Å². The van der Waals surface area contributed by atoms with Crippen molar-refractivity contribution in [3.63, 3.8) is 0 Å². The van der Waals surface area contributed by atoms with E-state index in [1.54, 1.807) is 20.8 Å². The Morgan fingerprint density at radius 2 is 1.81 bits per heavy atom. The third-order valence-electron chi connectivity index (χ3n) is 4.40. The maximum atomic E-state index is 14.3. The van der Waals surface area contributed by atoms with Crippen LogP contribution in [0.5, 0.6) is 0 Å². The number of halogens is 3. The molecule has 0 N–H and O–H groups in total. The van der Waals surface area contributed by atoms with Crippen molar-refractivity contribution in [3.05, 3.63) is 29.8 Å². The Kier molecular flexibility index (Phi) is 4.72. The molecule has 1 fully saturated rings. The predicted molar refractivity (Wildman–Crippen MR) is 88.2 cm³/mol. The molecule has 1 aromatic rings. The van der Waals surface area contributed by atoms with Crippen molar-refractivity contribution in [2.45, 2.75) is 50.7 Å². The molecule has 0 saturated carbocycles. The highest BCUT2D eigenvalue weighted by Gasteiger charge is 2.69. The largest absolute Gasteiger partial charge is 0.443 e. The lowest BCUT2D eigenvalue weighted by Crippen LogP contribution is -2.54. The SMILES string of the molecule is CC(C)(C)OC(=O)N1C(=O)C(CC2OCCO2)(C(F)(F)F)c2ccccc21. The minimum atomic E-state index is -4.97. The van der Waals surface area contributed by atoms with Gasteiger partial charge in [0.1, 0.15) is 5.60 Å². The summed E-state index contributed by atoms with van der Waals surface area (Å²) in [6.07, 6.45) is -8.08. The summed E-state index contributed by atoms with van der Waals surface area (Å²) < 4.78 is 58.3. The minimum absolute atomic E-state index is 0.143. The molecule has 2 amide bonds. The average Bonchev–Trinajstić information content (AvgIpc) is 3.11. The van der Waals surface area contributed by atoms with Crippen molar-refractivity contribution in [2.75, 3.05) is 18.1 Å². The third kappa shape index (κ3) is 3.29. The number of fused-ring (bicyclic) bond motifs is 1. The molecule has 148 valence electrons. The first-order valence-electron chi connectivity index (χ1n) is 8.44. The molecule has 1 aromatic carbocycles. The van der Waals surface area contributed by atoms with Crippen LogP contribution in [-0.4, -0.2) is 43.3 Å². The normalized spacial score (nSPS) is 23.6. The Bertz CT molecular complexity index is 752. The number of benzene rings is 1. The molecule has 6 nitrogen and oxygen atoms in total. The Labute approximate surface area is 154 Å². The van der Waals surface area contributed by atoms with Gasteiger partial charge in [-0.2, -0.15) is 13.2 Å². The number of carbonyl (C=O) groups excluding carboxylic acids is 2. The van der Waals surface area contributed by atoms with Crippen LogP contribution in [0.3, 0.4) is 0 Å². The molecule has 0 radical (unpaired) electrons. The summed E-state index contributed by atoms with van der Waals surface area (Å²) in [5.74, 6) is -1.41. The molecule has 2 aliphatic rings. The molecule has 0 spiro atoms. The smallest absolute Gasteiger partial charge is 0.421 e. The zero-order chi connectivity index (χ0) is 20.0. The summed E-state index contributed by atoms with van der Waals surface area (Å²) in [6.45, 7) is 4.98. The molecule has 1 unspecified atom stereocenters. The number of amides is 2. The predicted octanol–water partition coefficient (Wildman–Crippen LogP) is 3.53. The molecule has 0 bridgehead atoms. The maximum absolute atomic E-state index is 14.3. The number of nitrogens with zero attached hydrogens (tertiary/aromatic N) is 1. The van der Waals surface area contributed by atoms with Crippen LogP contribution in [0.2, 0.25) is 0 Å². The fraction of sp³-hybridized carbons (Fsp3) is 0.556. The summed E-state index contributed by atoms with van der Waals surface area (Å²) in [6, 6.07) is 5.33. The van der Waals surface area contributed by atoms with Crippen LogP contribution in [0.15, 0.2) is 24.3 Å². The molecule has 9 heteroatoms. The summed E-state index contributed by atoms with van der Waals surface area (Å²) in [5.41, 5.74) is -4.39. The van der Waals surface area contributed by atoms with Crippen LogP contribution >= 0.6 is 0 Å². The summed E-state index contributed by atoms with van der Waals surface area (Å²) in [7, 11) is 0. The number of imide groups is 1. The van der Waals surface area contributed by atoms with Crippen molar-refractivity contribution in [1.29, 1.82) is 0 Å². The van der Waals surface area contributed by atoms with Crippen LogP contribution in [0, 0.1) is 0 Å². The van der Waals surface area contributed by atoms with E-state index >= 15 is 0 Å². The maximum Gasteiger partial charge on any atom is 0.421 e. The van der Waals surface area contributed by atoms with Crippen molar-refractivity contribution in [1.82, 2.24) is 0 Å². The van der Waals surface area contributed by atoms with E-state index in [0.717, 1.165) is 0 Å². The van der Waals surface area contributed by atoms with Crippen molar-refractivity contribution < 1.29 is 37.0 Å². The fourth-order valence-electron chi connectivity index (χ4n) is 3.30. The molecule has 0 aromatic heterocycles. The first kappa shape index (κ1) is 19.6. The molecule has 2 heterocycles. The lowest BCUT2D eigenvalue weighted by atomic mass is 9.77. The summed E-state index contributed by atoms with van der Waals surface area (Å²) in [4.78, 5) is 26.0. The van der Waals surface area contributed by atoms with Crippen LogP contribution in [0.1, 0.15) is 32.8 Å². The topological polar surface area (TPSA) is 65.1 Å². The van der Waals surface area contributed by atoms with Crippen LogP contribution < -0.4 is 4.90 Å². The van der Waals surface area contributed by atoms with Gasteiger partial charge in [-0.05, 0) is 26.8 Å². The van der Waals surface area contributed by atoms with E-state index in [2.05, 4.69) is 0 Å². The second-order valence-corrected chi connectivity index (χ2v) is 7.42. The molecule has 1 atom stereocenters. The highest BCUT2D eigenvalue weighted by atomic mass is 19.4. The molecule has 1 saturated heterocycles. The summed E-state index contributed by atoms with van der Waals surface area (Å²) >= 11 is 0. The van der Waals surface area contributed by atoms with E-state index < -0.39 is 41.9 Å². The Morgan fingerprint density at radius 1 is 1.22 bits per heavy atom. The third-order valence-corrected chi connectivity index (χ3v) is 4.40. The highest BCUT2D eigenvalue weighted by molar-refractivity contribution is 6.21. The number of hydrogen-bond donors (Lipinski definition) is 0. The van der Waals surface area contributed by atoms with Crippen molar-refractivity contribution >= 4 is 17.7 Å². The second kappa shape index (κ2) is 6.49. The second-order valence-electron chi connectivity index (χ2n) is 7.42. The van der Waals surface area contributed by atoms with Crippen molar-refractivity contribution in [2.24, 2.45) is 0 Å². The first-order chi connectivity index (χ1) is 12.5. The molecular formula is C18H20F3NO5. The molecule has 0 aliphatic carbocycles. The number of carbonyl (C=O) groups is 2. The molecule has 27 heavy (non-hydrogen) atoms. The van der Waals surface area contributed by atoms with Gasteiger partial charge in [0, 0.05) is 12.0 Å². The average molecular weight is 387 g/mol. The van der Waals surface area contributed by atoms with E-state index in [4.69, 9.17) is 14.2 Å². The Hall–Kier alpha value is -2.13. The molecule has 2 aliphatic heterocycles. The number of rotatable bonds is 2. The van der Waals surface area contributed by atoms with Crippen LogP contribution in [0.25, 0.3) is 0 Å². The zero-order valence-corrected chi connectivity index (χ0v) is 15.1. The van der Waals surface area contributed by atoms with E-state index in [0.29, 0.717) is 4.90 Å². The van der Waals surface area contributed by atoms with Gasteiger partial charge in [0.25, 0.3) is 5.91 Å². The van der Waals surface area contributed by atoms with Gasteiger partial charge in [-0.3, -0.25) is 4.79 Å². The number of hydrogen-bond acceptors (Lipinski definition) is 5. The zero-order valence-electron chi connectivity index (χ0n) is 15.1. The van der Waals surface area contributed by atoms with Crippen LogP contribution in [-0.2, 0) is 24.4 Å². The lowest BCUT2D eigenvalue weighted by molar-refractivity contribution is -0.207. The van der Waals surface area contributed by atoms with E-state index in [1.165, 1.54) is 24.3 Å². The van der Waals surface area contributed by atoms with Gasteiger partial charge < -0.3 is 14.2 Å². The van der Waals surface area contributed by atoms with Crippen LogP contribution in [0.4, 0.5) is 23.7 Å². The number of ether oxygens (including phenoxy) is 3. The fourth-order valence-corrected chi connectivity index (χ4v) is 3.30. The van der Waals surface area contributed by atoms with Gasteiger partial charge in [0.15, 0.2) is 11.7 Å². The number of para-hydroxylation sites is 1. The van der Waals surface area contributed by atoms with Gasteiger partial charge in [-0.25, -0.2) is 9.69 Å². The summed E-state index contributed by atoms with van der Waals surface area (Å²) in [5, 5.41) is 0. The lowest BCUT2D eigenvalue weighted by Gasteiger charge is -2.32. The van der Waals surface area contributed by atoms with Gasteiger partial charge in [-0.1, -0.05) is 18.2 Å². The molecular weight excluding hydrogens is 367 g/mol. The van der Waals surface area contributed by atoms with Gasteiger partial charge in [-0.15, -0.1) is 0 Å². The Morgan fingerprint density at radius 3 is 2.37 bits per heavy atom. The Balaban J connectivity index is 2.11. The number of anilines is 1. The highest BCUT2D eigenvalue weighted by Crippen LogP contribution is 2.54. The minimum Gasteiger partial charge on any atom is -0.443 e. The van der Waals surface area contributed by atoms with Gasteiger partial charge in [0.05, 0.1) is 18.9 Å². The number of alkyl halides is 3. The first-order valence-corrected chi connectivity index (χ1v) is 8.44. The standard InChI is InChI=1S/C18H20F3NO5/c1-16(2,3)27-15(24)22-12-7-5-4-6-11(12)17(14(22)23,18(19,20)21)10-13-25-8-9-26-13/h4-7,13H,8-10H2,1-3H3. The monoisotopic (exact) mass is 387 g/mol. The van der Waals surface area contributed by atoms with Gasteiger partial charge in [0.2, 0.25) is 0 Å². The van der Waals surface area contributed by atoms with Gasteiger partial charge >= 0.3 is 12.3 Å². The van der Waals surface area contributed by atoms with Crippen molar-refractivity contribution in [3.8, 4) is 0 Å². The van der Waals surface area contributed by atoms with E-state index in [9.17, 15) is 22.8 Å². The van der Waals surface area contributed by atoms with E-state index in [-0.39, 0.29) is 24.5 Å². The quantitative estimate of drug-likeness (QED) is 0.777.